The van der Waals surface area contributed by atoms with E-state index in [2.05, 4.69) is 20.5 Å². The van der Waals surface area contributed by atoms with Crippen LogP contribution >= 0.6 is 0 Å². The van der Waals surface area contributed by atoms with Gasteiger partial charge in [-0.1, -0.05) is 42.8 Å². The number of carbonyl (C=O) groups is 2. The first-order valence-electron chi connectivity index (χ1n) is 9.39. The first-order chi connectivity index (χ1) is 14.1. The van der Waals surface area contributed by atoms with Crippen LogP contribution in [0.15, 0.2) is 29.4 Å². The van der Waals surface area contributed by atoms with Crippen molar-refractivity contribution in [1.82, 2.24) is 15.4 Å². The predicted molar refractivity (Wildman–Crippen MR) is 111 cm³/mol. The lowest BCUT2D eigenvalue weighted by Crippen LogP contribution is -2.54. The molecule has 0 heterocycles. The third kappa shape index (κ3) is 8.35. The highest BCUT2D eigenvalue weighted by Gasteiger charge is 2.26. The van der Waals surface area contributed by atoms with Crippen molar-refractivity contribution in [1.29, 1.82) is 0 Å². The summed E-state index contributed by atoms with van der Waals surface area (Å²) in [6.07, 6.45) is 1.09. The maximum atomic E-state index is 12.2. The molecular weight excluding hydrogens is 414 g/mol. The molecule has 168 valence electrons. The fraction of sp³-hybridized carbons (Fsp3) is 0.500. The maximum absolute atomic E-state index is 12.2. The van der Waals surface area contributed by atoms with Crippen LogP contribution in [0.1, 0.15) is 37.8 Å². The highest BCUT2D eigenvalue weighted by Crippen LogP contribution is 2.04. The number of nitrogens with zero attached hydrogens (tertiary/aromatic N) is 1. The maximum Gasteiger partial charge on any atom is 0.242 e. The Labute approximate surface area is 175 Å². The van der Waals surface area contributed by atoms with Gasteiger partial charge in [0.05, 0.1) is 12.4 Å². The summed E-state index contributed by atoms with van der Waals surface area (Å²) in [4.78, 5) is 24.4. The van der Waals surface area contributed by atoms with Crippen LogP contribution in [0.3, 0.4) is 0 Å². The Morgan fingerprint density at radius 2 is 1.83 bits per heavy atom. The minimum atomic E-state index is -3.72. The molecule has 1 rings (SSSR count). The number of benzene rings is 1. The van der Waals surface area contributed by atoms with Crippen molar-refractivity contribution in [3.05, 3.63) is 35.4 Å². The smallest absolute Gasteiger partial charge is 0.242 e. The summed E-state index contributed by atoms with van der Waals surface area (Å²) >= 11 is 0. The SMILES string of the molecule is CCCCS(=O)(=O)NC(CO)C(=O)NC(C)C(=O)NCc1ccc(C(N)=NO)cc1. The lowest BCUT2D eigenvalue weighted by molar-refractivity contribution is -0.130. The highest BCUT2D eigenvalue weighted by molar-refractivity contribution is 7.89. The Kier molecular flexibility index (Phi) is 10.2. The zero-order valence-corrected chi connectivity index (χ0v) is 17.8. The number of hydrogen-bond donors (Lipinski definition) is 6. The van der Waals surface area contributed by atoms with Gasteiger partial charge in [-0.05, 0) is 18.9 Å². The summed E-state index contributed by atoms with van der Waals surface area (Å²) in [5, 5.41) is 25.9. The molecule has 0 saturated heterocycles. The van der Waals surface area contributed by atoms with Gasteiger partial charge in [0, 0.05) is 12.1 Å². The number of amidine groups is 1. The van der Waals surface area contributed by atoms with Gasteiger partial charge in [-0.2, -0.15) is 0 Å². The third-order valence-electron chi connectivity index (χ3n) is 4.16. The summed E-state index contributed by atoms with van der Waals surface area (Å²) in [5.41, 5.74) is 6.74. The van der Waals surface area contributed by atoms with Gasteiger partial charge in [0.2, 0.25) is 21.8 Å². The molecule has 2 atom stereocenters. The second-order valence-electron chi connectivity index (χ2n) is 6.66. The van der Waals surface area contributed by atoms with E-state index in [-0.39, 0.29) is 18.1 Å². The third-order valence-corrected chi connectivity index (χ3v) is 5.63. The average Bonchev–Trinajstić information content (AvgIpc) is 2.73. The molecule has 30 heavy (non-hydrogen) atoms. The molecular formula is C18H29N5O6S. The molecule has 0 spiro atoms. The van der Waals surface area contributed by atoms with Gasteiger partial charge in [0.25, 0.3) is 0 Å². The van der Waals surface area contributed by atoms with E-state index in [4.69, 9.17) is 10.9 Å². The Morgan fingerprint density at radius 3 is 2.37 bits per heavy atom. The summed E-state index contributed by atoms with van der Waals surface area (Å²) < 4.78 is 26.0. The monoisotopic (exact) mass is 443 g/mol. The predicted octanol–water partition coefficient (Wildman–Crippen LogP) is -1.02. The highest BCUT2D eigenvalue weighted by atomic mass is 32.2. The molecule has 0 radical (unpaired) electrons. The number of carbonyl (C=O) groups excluding carboxylic acids is 2. The van der Waals surface area contributed by atoms with Crippen molar-refractivity contribution in [3.63, 3.8) is 0 Å². The Morgan fingerprint density at radius 1 is 1.20 bits per heavy atom. The quantitative estimate of drug-likeness (QED) is 0.103. The summed E-state index contributed by atoms with van der Waals surface area (Å²) in [6, 6.07) is 4.28. The zero-order chi connectivity index (χ0) is 22.7. The molecule has 0 aromatic heterocycles. The van der Waals surface area contributed by atoms with Crippen molar-refractivity contribution in [3.8, 4) is 0 Å². The minimum Gasteiger partial charge on any atom is -0.409 e. The fourth-order valence-corrected chi connectivity index (χ4v) is 3.76. The molecule has 11 nitrogen and oxygen atoms in total. The molecule has 12 heteroatoms. The first kappa shape index (κ1) is 25.3. The normalized spacial score (nSPS) is 14.0. The molecule has 2 unspecified atom stereocenters. The fourth-order valence-electron chi connectivity index (χ4n) is 2.36. The van der Waals surface area contributed by atoms with Gasteiger partial charge in [-0.15, -0.1) is 0 Å². The van der Waals surface area contributed by atoms with E-state index < -0.39 is 40.5 Å². The van der Waals surface area contributed by atoms with E-state index in [1.807, 2.05) is 6.92 Å². The summed E-state index contributed by atoms with van der Waals surface area (Å²) in [5.74, 6) is -1.49. The van der Waals surface area contributed by atoms with E-state index in [0.717, 1.165) is 5.56 Å². The number of unbranched alkanes of at least 4 members (excludes halogenated alkanes) is 1. The van der Waals surface area contributed by atoms with Crippen LogP contribution in [0.4, 0.5) is 0 Å². The number of aliphatic hydroxyl groups excluding tert-OH is 1. The largest absolute Gasteiger partial charge is 0.409 e. The number of hydrogen-bond acceptors (Lipinski definition) is 7. The number of sulfonamides is 1. The van der Waals surface area contributed by atoms with Crippen molar-refractivity contribution in [2.24, 2.45) is 10.9 Å². The van der Waals surface area contributed by atoms with Gasteiger partial charge in [-0.25, -0.2) is 13.1 Å². The van der Waals surface area contributed by atoms with Gasteiger partial charge in [-0.3, -0.25) is 9.59 Å². The minimum absolute atomic E-state index is 0.0364. The molecule has 7 N–H and O–H groups in total. The van der Waals surface area contributed by atoms with Gasteiger partial charge in [0.15, 0.2) is 5.84 Å². The van der Waals surface area contributed by atoms with E-state index >= 15 is 0 Å². The van der Waals surface area contributed by atoms with Crippen LogP contribution in [-0.2, 0) is 26.2 Å². The number of nitrogens with two attached hydrogens (primary N) is 1. The number of oxime groups is 1. The van der Waals surface area contributed by atoms with Gasteiger partial charge in [0.1, 0.15) is 12.1 Å². The van der Waals surface area contributed by atoms with E-state index in [1.165, 1.54) is 6.92 Å². The standard InChI is InChI=1S/C18H29N5O6S/c1-3-4-9-30(28,29)23-15(11-24)18(26)21-12(2)17(25)20-10-13-5-7-14(8-6-13)16(19)22-27/h5-8,12,15,23-24,27H,3-4,9-11H2,1-2H3,(H2,19,22)(H,20,25)(H,21,26). The Balaban J connectivity index is 2.58. The molecule has 0 fully saturated rings. The molecule has 0 aliphatic heterocycles. The molecule has 0 saturated carbocycles. The number of rotatable bonds is 12. The van der Waals surface area contributed by atoms with Crippen molar-refractivity contribution < 1.29 is 28.3 Å². The van der Waals surface area contributed by atoms with E-state index in [9.17, 15) is 23.1 Å². The zero-order valence-electron chi connectivity index (χ0n) is 17.0. The van der Waals surface area contributed by atoms with Crippen molar-refractivity contribution >= 4 is 27.7 Å². The molecule has 1 aromatic rings. The number of nitrogens with one attached hydrogen (secondary N) is 3. The summed E-state index contributed by atoms with van der Waals surface area (Å²) in [6.45, 7) is 2.70. The van der Waals surface area contributed by atoms with Crippen LogP contribution in [0.5, 0.6) is 0 Å². The van der Waals surface area contributed by atoms with Crippen LogP contribution in [-0.4, -0.2) is 60.8 Å². The molecule has 0 aliphatic rings. The van der Waals surface area contributed by atoms with Crippen molar-refractivity contribution in [2.45, 2.75) is 45.3 Å². The van der Waals surface area contributed by atoms with Crippen molar-refractivity contribution in [2.75, 3.05) is 12.4 Å². The second-order valence-corrected chi connectivity index (χ2v) is 8.53. The number of amides is 2. The first-order valence-corrected chi connectivity index (χ1v) is 11.0. The van der Waals surface area contributed by atoms with E-state index in [1.54, 1.807) is 24.3 Å². The van der Waals surface area contributed by atoms with Gasteiger partial charge < -0.3 is 26.7 Å². The summed E-state index contributed by atoms with van der Waals surface area (Å²) in [7, 11) is -3.72. The lowest BCUT2D eigenvalue weighted by Gasteiger charge is -2.19. The van der Waals surface area contributed by atoms with E-state index in [0.29, 0.717) is 18.4 Å². The van der Waals surface area contributed by atoms with Gasteiger partial charge >= 0.3 is 0 Å². The molecule has 0 aliphatic carbocycles. The van der Waals surface area contributed by atoms with Crippen LogP contribution in [0.25, 0.3) is 0 Å². The molecule has 2 amide bonds. The van der Waals surface area contributed by atoms with Crippen LogP contribution in [0, 0.1) is 0 Å². The molecule has 1 aromatic carbocycles. The van der Waals surface area contributed by atoms with Crippen LogP contribution < -0.4 is 21.1 Å². The Hall–Kier alpha value is -2.70. The molecule has 0 bridgehead atoms. The van der Waals surface area contributed by atoms with Crippen LogP contribution in [0.2, 0.25) is 0 Å². The number of aliphatic hydroxyl groups is 1. The Bertz CT molecular complexity index is 841. The average molecular weight is 444 g/mol. The topological polar surface area (TPSA) is 183 Å². The lowest BCUT2D eigenvalue weighted by atomic mass is 10.1. The second kappa shape index (κ2) is 12.1.